The highest BCUT2D eigenvalue weighted by atomic mass is 32.2. The van der Waals surface area contributed by atoms with E-state index < -0.39 is 10.0 Å². The summed E-state index contributed by atoms with van der Waals surface area (Å²) in [7, 11) is -3.58. The second-order valence-corrected chi connectivity index (χ2v) is 9.94. The van der Waals surface area contributed by atoms with Crippen molar-refractivity contribution in [2.24, 2.45) is 0 Å². The van der Waals surface area contributed by atoms with Gasteiger partial charge in [0.25, 0.3) is 0 Å². The normalized spacial score (nSPS) is 17.7. The lowest BCUT2D eigenvalue weighted by molar-refractivity contribution is 0.312. The number of sulfonamides is 1. The molecule has 0 spiro atoms. The zero-order valence-electron chi connectivity index (χ0n) is 17.8. The van der Waals surface area contributed by atoms with Gasteiger partial charge in [-0.25, -0.2) is 12.8 Å². The second-order valence-electron chi connectivity index (χ2n) is 8.03. The second kappa shape index (κ2) is 8.88. The number of pyridine rings is 1. The molecule has 0 radical (unpaired) electrons. The van der Waals surface area contributed by atoms with Crippen LogP contribution in [0.4, 0.5) is 4.39 Å². The Morgan fingerprint density at radius 2 is 1.87 bits per heavy atom. The van der Waals surface area contributed by atoms with Gasteiger partial charge in [0, 0.05) is 43.6 Å². The van der Waals surface area contributed by atoms with E-state index in [1.807, 2.05) is 25.3 Å². The van der Waals surface area contributed by atoms with Crippen molar-refractivity contribution >= 4 is 10.0 Å². The SMILES string of the molecule is CCn1cc(S(=O)(=O)N2CCC[C@H](c3ccc(Cc4ccc(F)cc4)cn3)C2)c(C)n1. The Morgan fingerprint density at radius 3 is 2.52 bits per heavy atom. The first-order chi connectivity index (χ1) is 14.9. The largest absolute Gasteiger partial charge is 0.271 e. The van der Waals surface area contributed by atoms with Crippen molar-refractivity contribution in [1.29, 1.82) is 0 Å². The van der Waals surface area contributed by atoms with Crippen LogP contribution in [0.25, 0.3) is 0 Å². The van der Waals surface area contributed by atoms with Gasteiger partial charge in [-0.1, -0.05) is 18.2 Å². The third kappa shape index (κ3) is 4.70. The molecule has 8 heteroatoms. The van der Waals surface area contributed by atoms with E-state index in [1.165, 1.54) is 12.1 Å². The fourth-order valence-electron chi connectivity index (χ4n) is 4.08. The minimum absolute atomic E-state index is 0.0601. The standard InChI is InChI=1S/C23H27FN4O2S/c1-3-27-16-23(17(2)26-27)31(29,30)28-12-4-5-20(15-28)22-11-8-19(14-25-22)13-18-6-9-21(24)10-7-18/h6-11,14,16,20H,3-5,12-13,15H2,1-2H3/t20-/m0/s1. The lowest BCUT2D eigenvalue weighted by atomic mass is 9.95. The molecule has 0 bridgehead atoms. The van der Waals surface area contributed by atoms with Crippen molar-refractivity contribution in [3.63, 3.8) is 0 Å². The Labute approximate surface area is 182 Å². The van der Waals surface area contributed by atoms with Crippen molar-refractivity contribution < 1.29 is 12.8 Å². The average Bonchev–Trinajstić information content (AvgIpc) is 3.18. The van der Waals surface area contributed by atoms with Crippen LogP contribution >= 0.6 is 0 Å². The summed E-state index contributed by atoms with van der Waals surface area (Å²) in [5, 5.41) is 4.29. The summed E-state index contributed by atoms with van der Waals surface area (Å²) in [5.41, 5.74) is 3.50. The van der Waals surface area contributed by atoms with E-state index >= 15 is 0 Å². The molecule has 31 heavy (non-hydrogen) atoms. The van der Waals surface area contributed by atoms with Crippen molar-refractivity contribution in [3.05, 3.63) is 77.1 Å². The number of rotatable bonds is 6. The number of hydrogen-bond acceptors (Lipinski definition) is 4. The van der Waals surface area contributed by atoms with E-state index in [2.05, 4.69) is 10.1 Å². The fraction of sp³-hybridized carbons (Fsp3) is 0.391. The summed E-state index contributed by atoms with van der Waals surface area (Å²) in [6.45, 7) is 5.24. The monoisotopic (exact) mass is 442 g/mol. The zero-order chi connectivity index (χ0) is 22.0. The number of aromatic nitrogens is 3. The molecule has 1 saturated heterocycles. The molecule has 3 aromatic rings. The molecular formula is C23H27FN4O2S. The Kier molecular flexibility index (Phi) is 6.20. The van der Waals surface area contributed by atoms with Gasteiger partial charge in [0.15, 0.2) is 0 Å². The van der Waals surface area contributed by atoms with E-state index in [0.717, 1.165) is 29.7 Å². The smallest absolute Gasteiger partial charge is 0.246 e. The maximum atomic E-state index is 13.2. The van der Waals surface area contributed by atoms with E-state index in [-0.39, 0.29) is 16.6 Å². The topological polar surface area (TPSA) is 68.1 Å². The summed E-state index contributed by atoms with van der Waals surface area (Å²) in [5.74, 6) is -0.184. The summed E-state index contributed by atoms with van der Waals surface area (Å²) in [6.07, 6.45) is 5.84. The van der Waals surface area contributed by atoms with Gasteiger partial charge in [-0.2, -0.15) is 9.40 Å². The molecule has 0 saturated carbocycles. The summed E-state index contributed by atoms with van der Waals surface area (Å²) in [4.78, 5) is 4.92. The van der Waals surface area contributed by atoms with Crippen LogP contribution in [0, 0.1) is 12.7 Å². The Morgan fingerprint density at radius 1 is 1.13 bits per heavy atom. The van der Waals surface area contributed by atoms with Crippen LogP contribution in [-0.4, -0.2) is 40.6 Å². The molecule has 0 unspecified atom stereocenters. The van der Waals surface area contributed by atoms with Crippen LogP contribution in [0.15, 0.2) is 53.7 Å². The van der Waals surface area contributed by atoms with E-state index in [0.29, 0.717) is 31.7 Å². The maximum Gasteiger partial charge on any atom is 0.246 e. The molecule has 0 amide bonds. The van der Waals surface area contributed by atoms with Gasteiger partial charge < -0.3 is 0 Å². The first-order valence-corrected chi connectivity index (χ1v) is 12.0. The van der Waals surface area contributed by atoms with E-state index in [9.17, 15) is 12.8 Å². The fourth-order valence-corrected chi connectivity index (χ4v) is 5.77. The van der Waals surface area contributed by atoms with Gasteiger partial charge in [-0.05, 0) is 62.4 Å². The summed E-state index contributed by atoms with van der Waals surface area (Å²) < 4.78 is 42.8. The third-order valence-electron chi connectivity index (χ3n) is 5.81. The molecule has 1 aromatic carbocycles. The Balaban J connectivity index is 1.48. The molecule has 4 rings (SSSR count). The van der Waals surface area contributed by atoms with Crippen LogP contribution < -0.4 is 0 Å². The first-order valence-electron chi connectivity index (χ1n) is 10.6. The van der Waals surface area contributed by atoms with Crippen LogP contribution in [0.1, 0.15) is 48.2 Å². The summed E-state index contributed by atoms with van der Waals surface area (Å²) >= 11 is 0. The van der Waals surface area contributed by atoms with Crippen LogP contribution in [-0.2, 0) is 23.0 Å². The van der Waals surface area contributed by atoms with Crippen molar-refractivity contribution in [3.8, 4) is 0 Å². The van der Waals surface area contributed by atoms with Crippen molar-refractivity contribution in [1.82, 2.24) is 19.1 Å². The zero-order valence-corrected chi connectivity index (χ0v) is 18.6. The summed E-state index contributed by atoms with van der Waals surface area (Å²) in [6, 6.07) is 10.5. The molecular weight excluding hydrogens is 415 g/mol. The lowest BCUT2D eigenvalue weighted by Gasteiger charge is -2.31. The number of halogens is 1. The number of aryl methyl sites for hydroxylation is 2. The quantitative estimate of drug-likeness (QED) is 0.581. The van der Waals surface area contributed by atoms with Gasteiger partial charge in [0.1, 0.15) is 10.7 Å². The predicted molar refractivity (Wildman–Crippen MR) is 117 cm³/mol. The molecule has 0 N–H and O–H groups in total. The molecule has 1 atom stereocenters. The maximum absolute atomic E-state index is 13.2. The molecule has 1 aliphatic rings. The molecule has 2 aromatic heterocycles. The van der Waals surface area contributed by atoms with E-state index in [4.69, 9.17) is 0 Å². The molecule has 3 heterocycles. The van der Waals surface area contributed by atoms with Crippen LogP contribution in [0.5, 0.6) is 0 Å². The average molecular weight is 443 g/mol. The minimum atomic E-state index is -3.58. The number of benzene rings is 1. The van der Waals surface area contributed by atoms with Gasteiger partial charge in [-0.3, -0.25) is 9.67 Å². The Bertz CT molecular complexity index is 1140. The lowest BCUT2D eigenvalue weighted by Crippen LogP contribution is -2.39. The van der Waals surface area contributed by atoms with Crippen LogP contribution in [0.3, 0.4) is 0 Å². The highest BCUT2D eigenvalue weighted by Crippen LogP contribution is 2.30. The van der Waals surface area contributed by atoms with Gasteiger partial charge in [-0.15, -0.1) is 0 Å². The molecule has 0 aliphatic carbocycles. The van der Waals surface area contributed by atoms with Crippen molar-refractivity contribution in [2.75, 3.05) is 13.1 Å². The molecule has 1 aliphatic heterocycles. The highest BCUT2D eigenvalue weighted by Gasteiger charge is 2.33. The molecule has 1 fully saturated rings. The van der Waals surface area contributed by atoms with Gasteiger partial charge >= 0.3 is 0 Å². The minimum Gasteiger partial charge on any atom is -0.271 e. The number of hydrogen-bond donors (Lipinski definition) is 0. The number of nitrogens with zero attached hydrogens (tertiary/aromatic N) is 4. The van der Waals surface area contributed by atoms with Crippen LogP contribution in [0.2, 0.25) is 0 Å². The van der Waals surface area contributed by atoms with Gasteiger partial charge in [0.2, 0.25) is 10.0 Å². The molecule has 6 nitrogen and oxygen atoms in total. The third-order valence-corrected chi connectivity index (χ3v) is 7.78. The van der Waals surface area contributed by atoms with Crippen molar-refractivity contribution in [2.45, 2.75) is 50.5 Å². The van der Waals surface area contributed by atoms with Gasteiger partial charge in [0.05, 0.1) is 5.69 Å². The first kappa shape index (κ1) is 21.6. The highest BCUT2D eigenvalue weighted by molar-refractivity contribution is 7.89. The predicted octanol–water partition coefficient (Wildman–Crippen LogP) is 3.90. The number of piperidine rings is 1. The van der Waals surface area contributed by atoms with E-state index in [1.54, 1.807) is 34.2 Å². The Hall–Kier alpha value is -2.58. The molecule has 164 valence electrons.